The first-order chi connectivity index (χ1) is 8.40. The third-order valence-electron chi connectivity index (χ3n) is 2.60. The minimum absolute atomic E-state index is 0.0270. The monoisotopic (exact) mass is 250 g/mol. The molecule has 3 N–H and O–H groups in total. The highest BCUT2D eigenvalue weighted by atomic mass is 16.4. The van der Waals surface area contributed by atoms with E-state index in [1.807, 2.05) is 32.0 Å². The molecule has 0 radical (unpaired) electrons. The Bertz CT molecular complexity index is 458. The van der Waals surface area contributed by atoms with Crippen molar-refractivity contribution < 1.29 is 14.7 Å². The zero-order chi connectivity index (χ0) is 13.7. The van der Waals surface area contributed by atoms with E-state index in [1.54, 1.807) is 0 Å². The second-order valence-corrected chi connectivity index (χ2v) is 4.31. The molecule has 1 unspecified atom stereocenters. The van der Waals surface area contributed by atoms with Gasteiger partial charge in [0.15, 0.2) is 0 Å². The number of aliphatic carboxylic acids is 1. The van der Waals surface area contributed by atoms with E-state index in [1.165, 1.54) is 6.92 Å². The van der Waals surface area contributed by atoms with Crippen molar-refractivity contribution in [1.82, 2.24) is 5.32 Å². The highest BCUT2D eigenvalue weighted by Gasteiger charge is 2.12. The van der Waals surface area contributed by atoms with Crippen LogP contribution in [0.25, 0.3) is 0 Å². The maximum atomic E-state index is 11.6. The largest absolute Gasteiger partial charge is 0.480 e. The Balaban J connectivity index is 2.52. The summed E-state index contributed by atoms with van der Waals surface area (Å²) in [7, 11) is 0. The van der Waals surface area contributed by atoms with Crippen LogP contribution in [0, 0.1) is 13.8 Å². The van der Waals surface area contributed by atoms with Gasteiger partial charge in [-0.25, -0.2) is 0 Å². The van der Waals surface area contributed by atoms with E-state index >= 15 is 0 Å². The van der Waals surface area contributed by atoms with Gasteiger partial charge in [0.05, 0.1) is 6.54 Å². The van der Waals surface area contributed by atoms with Crippen molar-refractivity contribution in [2.45, 2.75) is 26.8 Å². The lowest BCUT2D eigenvalue weighted by Gasteiger charge is -2.11. The van der Waals surface area contributed by atoms with E-state index in [2.05, 4.69) is 10.6 Å². The van der Waals surface area contributed by atoms with E-state index in [-0.39, 0.29) is 12.5 Å². The Morgan fingerprint density at radius 3 is 2.56 bits per heavy atom. The third kappa shape index (κ3) is 4.18. The van der Waals surface area contributed by atoms with Crippen molar-refractivity contribution in [3.63, 3.8) is 0 Å². The number of anilines is 1. The van der Waals surface area contributed by atoms with Gasteiger partial charge in [0.25, 0.3) is 0 Å². The van der Waals surface area contributed by atoms with Crippen molar-refractivity contribution in [2.75, 3.05) is 11.9 Å². The number of carboxylic acid groups (broad SMARTS) is 1. The zero-order valence-corrected chi connectivity index (χ0v) is 10.8. The van der Waals surface area contributed by atoms with Gasteiger partial charge in [-0.1, -0.05) is 17.7 Å². The van der Waals surface area contributed by atoms with Crippen LogP contribution in [-0.4, -0.2) is 29.6 Å². The second kappa shape index (κ2) is 6.16. The molecule has 0 aliphatic carbocycles. The fourth-order valence-corrected chi connectivity index (χ4v) is 1.48. The van der Waals surface area contributed by atoms with E-state index in [4.69, 9.17) is 5.11 Å². The van der Waals surface area contributed by atoms with Gasteiger partial charge >= 0.3 is 5.97 Å². The Labute approximate surface area is 106 Å². The number of carbonyl (C=O) groups is 2. The summed E-state index contributed by atoms with van der Waals surface area (Å²) < 4.78 is 0. The molecule has 1 rings (SSSR count). The molecule has 1 amide bonds. The molecule has 0 aliphatic rings. The number of carbonyl (C=O) groups excluding carboxylic acids is 1. The van der Waals surface area contributed by atoms with E-state index in [9.17, 15) is 9.59 Å². The molecule has 5 nitrogen and oxygen atoms in total. The summed E-state index contributed by atoms with van der Waals surface area (Å²) in [6.07, 6.45) is 0. The Morgan fingerprint density at radius 1 is 1.33 bits per heavy atom. The third-order valence-corrected chi connectivity index (χ3v) is 2.60. The molecule has 0 bridgehead atoms. The number of nitrogens with one attached hydrogen (secondary N) is 2. The quantitative estimate of drug-likeness (QED) is 0.736. The molecule has 0 saturated heterocycles. The van der Waals surface area contributed by atoms with Crippen LogP contribution in [0.2, 0.25) is 0 Å². The fraction of sp³-hybridized carbons (Fsp3) is 0.385. The van der Waals surface area contributed by atoms with Gasteiger partial charge in [-0.2, -0.15) is 0 Å². The zero-order valence-electron chi connectivity index (χ0n) is 10.8. The number of hydrogen-bond acceptors (Lipinski definition) is 3. The standard InChI is InChI=1S/C13H18N2O3/c1-8-4-5-11(9(2)6-8)15-12(16)7-14-10(3)13(17)18/h4-6,10,14H,7H2,1-3H3,(H,15,16)(H,17,18). The van der Waals surface area contributed by atoms with Crippen molar-refractivity contribution >= 4 is 17.6 Å². The van der Waals surface area contributed by atoms with Crippen molar-refractivity contribution in [2.24, 2.45) is 0 Å². The molecule has 1 atom stereocenters. The van der Waals surface area contributed by atoms with Crippen LogP contribution in [0.4, 0.5) is 5.69 Å². The average molecular weight is 250 g/mol. The molecule has 0 spiro atoms. The minimum atomic E-state index is -0.977. The lowest BCUT2D eigenvalue weighted by molar-refractivity contribution is -0.139. The lowest BCUT2D eigenvalue weighted by Crippen LogP contribution is -2.39. The molecule has 98 valence electrons. The van der Waals surface area contributed by atoms with Gasteiger partial charge in [-0.3, -0.25) is 14.9 Å². The van der Waals surface area contributed by atoms with Gasteiger partial charge in [-0.05, 0) is 32.4 Å². The predicted molar refractivity (Wildman–Crippen MR) is 69.6 cm³/mol. The first-order valence-electron chi connectivity index (χ1n) is 5.73. The lowest BCUT2D eigenvalue weighted by atomic mass is 10.1. The van der Waals surface area contributed by atoms with Crippen LogP contribution in [0.15, 0.2) is 18.2 Å². The van der Waals surface area contributed by atoms with Crippen LogP contribution in [0.5, 0.6) is 0 Å². The summed E-state index contributed by atoms with van der Waals surface area (Å²) in [5, 5.41) is 14.0. The summed E-state index contributed by atoms with van der Waals surface area (Å²) in [5.41, 5.74) is 2.85. The molecule has 0 aliphatic heterocycles. The Hall–Kier alpha value is -1.88. The molecule has 1 aromatic rings. The summed E-state index contributed by atoms with van der Waals surface area (Å²) in [6, 6.07) is 4.98. The number of carboxylic acids is 1. The van der Waals surface area contributed by atoms with Crippen LogP contribution >= 0.6 is 0 Å². The number of benzene rings is 1. The van der Waals surface area contributed by atoms with Crippen molar-refractivity contribution in [1.29, 1.82) is 0 Å². The predicted octanol–water partition coefficient (Wildman–Crippen LogP) is 1.30. The van der Waals surface area contributed by atoms with Crippen LogP contribution in [0.1, 0.15) is 18.1 Å². The first-order valence-corrected chi connectivity index (χ1v) is 5.73. The second-order valence-electron chi connectivity index (χ2n) is 4.31. The van der Waals surface area contributed by atoms with Gasteiger partial charge in [-0.15, -0.1) is 0 Å². The van der Waals surface area contributed by atoms with Crippen LogP contribution in [-0.2, 0) is 9.59 Å². The number of rotatable bonds is 5. The van der Waals surface area contributed by atoms with E-state index in [0.717, 1.165) is 16.8 Å². The molecule has 0 heterocycles. The highest BCUT2D eigenvalue weighted by molar-refractivity contribution is 5.93. The SMILES string of the molecule is Cc1ccc(NC(=O)CNC(C)C(=O)O)c(C)c1. The number of amides is 1. The number of aryl methyl sites for hydroxylation is 2. The Morgan fingerprint density at radius 2 is 2.00 bits per heavy atom. The molecular weight excluding hydrogens is 232 g/mol. The van der Waals surface area contributed by atoms with Gasteiger partial charge in [0.2, 0.25) is 5.91 Å². The summed E-state index contributed by atoms with van der Waals surface area (Å²) in [5.74, 6) is -1.23. The first kappa shape index (κ1) is 14.2. The maximum absolute atomic E-state index is 11.6. The molecule has 18 heavy (non-hydrogen) atoms. The molecule has 5 heteroatoms. The molecular formula is C13H18N2O3. The molecule has 1 aromatic carbocycles. The topological polar surface area (TPSA) is 78.4 Å². The van der Waals surface area contributed by atoms with E-state index < -0.39 is 12.0 Å². The Kier molecular flexibility index (Phi) is 4.85. The molecule has 0 aromatic heterocycles. The van der Waals surface area contributed by atoms with Crippen molar-refractivity contribution in [3.8, 4) is 0 Å². The van der Waals surface area contributed by atoms with Gasteiger partial charge in [0, 0.05) is 5.69 Å². The van der Waals surface area contributed by atoms with Crippen LogP contribution in [0.3, 0.4) is 0 Å². The smallest absolute Gasteiger partial charge is 0.320 e. The minimum Gasteiger partial charge on any atom is -0.480 e. The van der Waals surface area contributed by atoms with E-state index in [0.29, 0.717) is 0 Å². The molecule has 0 fully saturated rings. The summed E-state index contributed by atoms with van der Waals surface area (Å²) >= 11 is 0. The van der Waals surface area contributed by atoms with Crippen LogP contribution < -0.4 is 10.6 Å². The van der Waals surface area contributed by atoms with Crippen molar-refractivity contribution in [3.05, 3.63) is 29.3 Å². The fourth-order valence-electron chi connectivity index (χ4n) is 1.48. The van der Waals surface area contributed by atoms with Gasteiger partial charge < -0.3 is 10.4 Å². The molecule has 0 saturated carbocycles. The summed E-state index contributed by atoms with van der Waals surface area (Å²) in [6.45, 7) is 5.36. The summed E-state index contributed by atoms with van der Waals surface area (Å²) in [4.78, 5) is 22.2. The number of hydrogen-bond donors (Lipinski definition) is 3. The normalized spacial score (nSPS) is 11.9. The van der Waals surface area contributed by atoms with Gasteiger partial charge in [0.1, 0.15) is 6.04 Å². The maximum Gasteiger partial charge on any atom is 0.320 e. The highest BCUT2D eigenvalue weighted by Crippen LogP contribution is 2.15. The average Bonchev–Trinajstić information content (AvgIpc) is 2.29.